The van der Waals surface area contributed by atoms with Crippen molar-refractivity contribution in [3.05, 3.63) is 24.5 Å². The fourth-order valence-electron chi connectivity index (χ4n) is 3.05. The summed E-state index contributed by atoms with van der Waals surface area (Å²) in [4.78, 5) is 10.9. The molecule has 0 atom stereocenters. The fraction of sp³-hybridized carbons (Fsp3) is 0.412. The summed E-state index contributed by atoms with van der Waals surface area (Å²) >= 11 is 0. The van der Waals surface area contributed by atoms with Gasteiger partial charge in [-0.3, -0.25) is 0 Å². The summed E-state index contributed by atoms with van der Waals surface area (Å²) in [6.45, 7) is 1.79. The van der Waals surface area contributed by atoms with Crippen molar-refractivity contribution in [3.63, 3.8) is 0 Å². The first kappa shape index (κ1) is 15.0. The first-order chi connectivity index (χ1) is 11.7. The maximum absolute atomic E-state index is 9.66. The molecule has 0 aliphatic carbocycles. The average Bonchev–Trinajstić information content (AvgIpc) is 3.08. The number of aliphatic hydroxyl groups excluding tert-OH is 1. The number of hydrogen-bond acceptors (Lipinski definition) is 7. The predicted octanol–water partition coefficient (Wildman–Crippen LogP) is 1.84. The van der Waals surface area contributed by atoms with E-state index >= 15 is 0 Å². The maximum atomic E-state index is 9.66. The number of ether oxygens (including phenoxy) is 3. The second-order valence-corrected chi connectivity index (χ2v) is 5.89. The summed E-state index contributed by atoms with van der Waals surface area (Å²) in [5.41, 5.74) is 1.60. The predicted molar refractivity (Wildman–Crippen MR) is 87.6 cm³/mol. The molecule has 1 saturated heterocycles. The highest BCUT2D eigenvalue weighted by atomic mass is 16.7. The molecule has 1 fully saturated rings. The number of aromatic nitrogens is 2. The number of methoxy groups -OCH3 is 1. The van der Waals surface area contributed by atoms with Crippen LogP contribution in [-0.2, 0) is 0 Å². The smallest absolute Gasteiger partial charge is 0.231 e. The number of hydrogen-bond donors (Lipinski definition) is 1. The van der Waals surface area contributed by atoms with Gasteiger partial charge in [-0.1, -0.05) is 0 Å². The van der Waals surface area contributed by atoms with Crippen molar-refractivity contribution in [3.8, 4) is 28.5 Å². The van der Waals surface area contributed by atoms with E-state index in [9.17, 15) is 5.11 Å². The largest absolute Gasteiger partial charge is 0.496 e. The molecular formula is C17H19N3O4. The van der Waals surface area contributed by atoms with Crippen molar-refractivity contribution >= 4 is 5.82 Å². The van der Waals surface area contributed by atoms with Crippen LogP contribution in [0.4, 0.5) is 5.82 Å². The van der Waals surface area contributed by atoms with Crippen molar-refractivity contribution in [1.82, 2.24) is 9.97 Å². The van der Waals surface area contributed by atoms with Crippen molar-refractivity contribution in [2.75, 3.05) is 31.9 Å². The highest BCUT2D eigenvalue weighted by Gasteiger charge is 2.22. The normalized spacial score (nSPS) is 17.2. The second kappa shape index (κ2) is 6.16. The van der Waals surface area contributed by atoms with Crippen molar-refractivity contribution in [2.24, 2.45) is 0 Å². The molecule has 2 aliphatic rings. The van der Waals surface area contributed by atoms with Crippen LogP contribution in [0.3, 0.4) is 0 Å². The van der Waals surface area contributed by atoms with Gasteiger partial charge in [0, 0.05) is 30.8 Å². The number of benzene rings is 1. The van der Waals surface area contributed by atoms with Gasteiger partial charge in [0.2, 0.25) is 6.79 Å². The summed E-state index contributed by atoms with van der Waals surface area (Å²) in [6, 6.07) is 5.64. The summed E-state index contributed by atoms with van der Waals surface area (Å²) in [7, 11) is 1.62. The van der Waals surface area contributed by atoms with E-state index in [1.54, 1.807) is 13.4 Å². The summed E-state index contributed by atoms with van der Waals surface area (Å²) < 4.78 is 16.3. The molecule has 7 heteroatoms. The number of anilines is 1. The monoisotopic (exact) mass is 329 g/mol. The van der Waals surface area contributed by atoms with Crippen LogP contribution in [0.5, 0.6) is 17.2 Å². The van der Waals surface area contributed by atoms with E-state index in [4.69, 9.17) is 14.2 Å². The molecule has 0 bridgehead atoms. The molecule has 0 radical (unpaired) electrons. The summed E-state index contributed by atoms with van der Waals surface area (Å²) in [6.07, 6.45) is 2.86. The molecule has 1 aromatic carbocycles. The van der Waals surface area contributed by atoms with Crippen LogP contribution in [0.25, 0.3) is 11.3 Å². The second-order valence-electron chi connectivity index (χ2n) is 5.89. The van der Waals surface area contributed by atoms with Gasteiger partial charge in [-0.2, -0.15) is 0 Å². The molecular weight excluding hydrogens is 310 g/mol. The number of aliphatic hydroxyl groups is 1. The zero-order valence-corrected chi connectivity index (χ0v) is 13.4. The Bertz CT molecular complexity index is 745. The third kappa shape index (κ3) is 2.71. The Kier molecular flexibility index (Phi) is 3.86. The minimum atomic E-state index is -0.212. The average molecular weight is 329 g/mol. The van der Waals surface area contributed by atoms with Gasteiger partial charge in [-0.25, -0.2) is 9.97 Å². The quantitative estimate of drug-likeness (QED) is 0.920. The van der Waals surface area contributed by atoms with Crippen LogP contribution < -0.4 is 19.1 Å². The first-order valence-corrected chi connectivity index (χ1v) is 7.97. The van der Waals surface area contributed by atoms with Crippen LogP contribution >= 0.6 is 0 Å². The van der Waals surface area contributed by atoms with E-state index in [0.29, 0.717) is 17.2 Å². The van der Waals surface area contributed by atoms with Gasteiger partial charge in [-0.15, -0.1) is 0 Å². The molecule has 1 aromatic heterocycles. The maximum Gasteiger partial charge on any atom is 0.231 e. The number of fused-ring (bicyclic) bond motifs is 1. The lowest BCUT2D eigenvalue weighted by atomic mass is 10.1. The van der Waals surface area contributed by atoms with Gasteiger partial charge in [0.1, 0.15) is 17.9 Å². The molecule has 1 N–H and O–H groups in total. The number of nitrogens with zero attached hydrogens (tertiary/aromatic N) is 3. The Morgan fingerprint density at radius 3 is 2.62 bits per heavy atom. The van der Waals surface area contributed by atoms with Gasteiger partial charge in [0.25, 0.3) is 0 Å². The van der Waals surface area contributed by atoms with Crippen molar-refractivity contribution < 1.29 is 19.3 Å². The highest BCUT2D eigenvalue weighted by Crippen LogP contribution is 2.42. The van der Waals surface area contributed by atoms with E-state index < -0.39 is 0 Å². The van der Waals surface area contributed by atoms with Gasteiger partial charge in [-0.05, 0) is 18.9 Å². The molecule has 0 spiro atoms. The third-order valence-corrected chi connectivity index (χ3v) is 4.41. The minimum absolute atomic E-state index is 0.212. The molecule has 2 aromatic rings. The van der Waals surface area contributed by atoms with E-state index in [2.05, 4.69) is 14.9 Å². The highest BCUT2D eigenvalue weighted by molar-refractivity contribution is 5.73. The Labute approximate surface area is 139 Å². The molecule has 126 valence electrons. The Morgan fingerprint density at radius 2 is 1.88 bits per heavy atom. The fourth-order valence-corrected chi connectivity index (χ4v) is 3.05. The molecule has 0 unspecified atom stereocenters. The van der Waals surface area contributed by atoms with E-state index in [0.717, 1.165) is 43.0 Å². The molecule has 0 amide bonds. The van der Waals surface area contributed by atoms with Gasteiger partial charge in [0.05, 0.1) is 18.9 Å². The molecule has 3 heterocycles. The van der Waals surface area contributed by atoms with Crippen molar-refractivity contribution in [2.45, 2.75) is 18.9 Å². The zero-order valence-electron chi connectivity index (χ0n) is 13.4. The van der Waals surface area contributed by atoms with Gasteiger partial charge < -0.3 is 24.2 Å². The number of piperidine rings is 1. The topological polar surface area (TPSA) is 76.9 Å². The van der Waals surface area contributed by atoms with Crippen LogP contribution in [0, 0.1) is 0 Å². The Balaban J connectivity index is 1.69. The van der Waals surface area contributed by atoms with Crippen LogP contribution in [0.15, 0.2) is 24.5 Å². The number of rotatable bonds is 3. The molecule has 0 saturated carbocycles. The SMILES string of the molecule is COc1cc2c(cc1-c1cc(N3CCC(O)CC3)ncn1)OCO2. The zero-order chi connectivity index (χ0) is 16.5. The molecule has 24 heavy (non-hydrogen) atoms. The van der Waals surface area contributed by atoms with Crippen LogP contribution in [-0.4, -0.2) is 48.2 Å². The van der Waals surface area contributed by atoms with Crippen LogP contribution in [0.2, 0.25) is 0 Å². The van der Waals surface area contributed by atoms with E-state index in [1.165, 1.54) is 0 Å². The Hall–Kier alpha value is -2.54. The van der Waals surface area contributed by atoms with Gasteiger partial charge >= 0.3 is 0 Å². The first-order valence-electron chi connectivity index (χ1n) is 7.97. The lowest BCUT2D eigenvalue weighted by molar-refractivity contribution is 0.145. The van der Waals surface area contributed by atoms with E-state index in [-0.39, 0.29) is 12.9 Å². The minimum Gasteiger partial charge on any atom is -0.496 e. The summed E-state index contributed by atoms with van der Waals surface area (Å²) in [5, 5.41) is 9.66. The molecule has 4 rings (SSSR count). The van der Waals surface area contributed by atoms with Crippen molar-refractivity contribution in [1.29, 1.82) is 0 Å². The standard InChI is InChI=1S/C17H19N3O4/c1-22-14-8-16-15(23-10-24-16)6-12(14)13-7-17(19-9-18-13)20-4-2-11(21)3-5-20/h6-9,11,21H,2-5,10H2,1H3. The Morgan fingerprint density at radius 1 is 1.12 bits per heavy atom. The molecule has 2 aliphatic heterocycles. The van der Waals surface area contributed by atoms with Crippen LogP contribution in [0.1, 0.15) is 12.8 Å². The van der Waals surface area contributed by atoms with E-state index in [1.807, 2.05) is 18.2 Å². The summed E-state index contributed by atoms with van der Waals surface area (Å²) in [5.74, 6) is 2.89. The lowest BCUT2D eigenvalue weighted by Crippen LogP contribution is -2.36. The lowest BCUT2D eigenvalue weighted by Gasteiger charge is -2.30. The van der Waals surface area contributed by atoms with Gasteiger partial charge in [0.15, 0.2) is 11.5 Å². The third-order valence-electron chi connectivity index (χ3n) is 4.41. The molecule has 7 nitrogen and oxygen atoms in total.